The molecule has 0 aromatic heterocycles. The van der Waals surface area contributed by atoms with Gasteiger partial charge in [0.15, 0.2) is 0 Å². The third kappa shape index (κ3) is 6.77. The van der Waals surface area contributed by atoms with Gasteiger partial charge in [-0.2, -0.15) is 0 Å². The van der Waals surface area contributed by atoms with E-state index in [4.69, 9.17) is 10.2 Å². The Kier molecular flexibility index (Phi) is 6.86. The summed E-state index contributed by atoms with van der Waals surface area (Å²) >= 11 is 0. The number of hydrogen-bond acceptors (Lipinski definition) is 4. The second-order valence-corrected chi connectivity index (χ2v) is 3.24. The number of amides is 1. The van der Waals surface area contributed by atoms with Crippen molar-refractivity contribution in [1.82, 2.24) is 10.6 Å². The summed E-state index contributed by atoms with van der Waals surface area (Å²) in [6.07, 6.45) is -0.243. The molecule has 1 amide bonds. The fourth-order valence-corrected chi connectivity index (χ4v) is 1.03. The monoisotopic (exact) mass is 232 g/mol. The zero-order valence-corrected chi connectivity index (χ0v) is 9.02. The minimum atomic E-state index is -1.22. The molecule has 0 bridgehead atoms. The molecule has 0 saturated heterocycles. The number of rotatable bonds is 8. The predicted molar refractivity (Wildman–Crippen MR) is 55.0 cm³/mol. The number of nitrogens with one attached hydrogen (secondary N) is 2. The number of carbonyl (C=O) groups is 3. The highest BCUT2D eigenvalue weighted by atomic mass is 16.4. The van der Waals surface area contributed by atoms with Gasteiger partial charge in [0, 0.05) is 19.4 Å². The molecule has 4 N–H and O–H groups in total. The zero-order valence-electron chi connectivity index (χ0n) is 9.02. The average molecular weight is 232 g/mol. The first-order chi connectivity index (χ1) is 7.47. The van der Waals surface area contributed by atoms with Crippen molar-refractivity contribution in [3.63, 3.8) is 0 Å². The smallest absolute Gasteiger partial charge is 0.326 e. The third-order valence-corrected chi connectivity index (χ3v) is 1.88. The first-order valence-electron chi connectivity index (χ1n) is 4.86. The van der Waals surface area contributed by atoms with E-state index in [1.165, 1.54) is 0 Å². The third-order valence-electron chi connectivity index (χ3n) is 1.88. The molecule has 7 heteroatoms. The van der Waals surface area contributed by atoms with Gasteiger partial charge in [-0.1, -0.05) is 0 Å². The van der Waals surface area contributed by atoms with Gasteiger partial charge >= 0.3 is 11.9 Å². The summed E-state index contributed by atoms with van der Waals surface area (Å²) in [5, 5.41) is 22.2. The van der Waals surface area contributed by atoms with Crippen molar-refractivity contribution >= 4 is 17.8 Å². The molecule has 0 aliphatic rings. The van der Waals surface area contributed by atoms with Gasteiger partial charge in [0.25, 0.3) is 0 Å². The second-order valence-electron chi connectivity index (χ2n) is 3.24. The Hall–Kier alpha value is -1.63. The molecular weight excluding hydrogens is 216 g/mol. The SMILES string of the molecule is CNCCC(=O)NC(CCC(=O)O)C(=O)O. The molecule has 0 rings (SSSR count). The normalized spacial score (nSPS) is 11.8. The summed E-state index contributed by atoms with van der Waals surface area (Å²) in [7, 11) is 1.67. The van der Waals surface area contributed by atoms with Crippen LogP contribution in [0.15, 0.2) is 0 Å². The van der Waals surface area contributed by atoms with Gasteiger partial charge in [-0.15, -0.1) is 0 Å². The van der Waals surface area contributed by atoms with Crippen LogP contribution in [0.1, 0.15) is 19.3 Å². The van der Waals surface area contributed by atoms with Crippen molar-refractivity contribution in [1.29, 1.82) is 0 Å². The second kappa shape index (κ2) is 7.63. The number of carbonyl (C=O) groups excluding carboxylic acids is 1. The van der Waals surface area contributed by atoms with Gasteiger partial charge in [-0.05, 0) is 13.5 Å². The van der Waals surface area contributed by atoms with Crippen molar-refractivity contribution in [2.45, 2.75) is 25.3 Å². The minimum absolute atomic E-state index is 0.115. The van der Waals surface area contributed by atoms with E-state index in [1.807, 2.05) is 0 Å². The fraction of sp³-hybridized carbons (Fsp3) is 0.667. The number of carboxylic acids is 2. The van der Waals surface area contributed by atoms with Gasteiger partial charge in [0.05, 0.1) is 0 Å². The van der Waals surface area contributed by atoms with E-state index in [0.717, 1.165) is 0 Å². The average Bonchev–Trinajstić information content (AvgIpc) is 2.20. The van der Waals surface area contributed by atoms with Crippen molar-refractivity contribution in [3.05, 3.63) is 0 Å². The quantitative estimate of drug-likeness (QED) is 0.428. The maximum Gasteiger partial charge on any atom is 0.326 e. The lowest BCUT2D eigenvalue weighted by atomic mass is 10.1. The van der Waals surface area contributed by atoms with E-state index in [0.29, 0.717) is 6.54 Å². The van der Waals surface area contributed by atoms with Crippen molar-refractivity contribution in [3.8, 4) is 0 Å². The molecule has 0 fully saturated rings. The predicted octanol–water partition coefficient (Wildman–Crippen LogP) is -0.970. The Morgan fingerprint density at radius 1 is 1.19 bits per heavy atom. The number of aliphatic carboxylic acids is 2. The first-order valence-corrected chi connectivity index (χ1v) is 4.86. The Morgan fingerprint density at radius 3 is 2.25 bits per heavy atom. The van der Waals surface area contributed by atoms with Crippen molar-refractivity contribution in [2.75, 3.05) is 13.6 Å². The molecule has 16 heavy (non-hydrogen) atoms. The Morgan fingerprint density at radius 2 is 1.81 bits per heavy atom. The van der Waals surface area contributed by atoms with Crippen LogP contribution in [0.2, 0.25) is 0 Å². The summed E-state index contributed by atoms with van der Waals surface area (Å²) in [5.74, 6) is -2.72. The van der Waals surface area contributed by atoms with Gasteiger partial charge in [0.2, 0.25) is 5.91 Å². The van der Waals surface area contributed by atoms with Gasteiger partial charge in [0.1, 0.15) is 6.04 Å². The zero-order chi connectivity index (χ0) is 12.6. The molecular formula is C9H16N2O5. The van der Waals surface area contributed by atoms with Crippen LogP contribution in [0.5, 0.6) is 0 Å². The molecule has 7 nitrogen and oxygen atoms in total. The highest BCUT2D eigenvalue weighted by Crippen LogP contribution is 1.98. The van der Waals surface area contributed by atoms with Crippen molar-refractivity contribution < 1.29 is 24.6 Å². The molecule has 0 aliphatic heterocycles. The summed E-state index contributed by atoms with van der Waals surface area (Å²) in [6.45, 7) is 0.442. The van der Waals surface area contributed by atoms with Crippen LogP contribution in [0.3, 0.4) is 0 Å². The van der Waals surface area contributed by atoms with E-state index in [9.17, 15) is 14.4 Å². The van der Waals surface area contributed by atoms with E-state index < -0.39 is 23.9 Å². The van der Waals surface area contributed by atoms with Gasteiger partial charge < -0.3 is 20.8 Å². The molecule has 1 atom stereocenters. The van der Waals surface area contributed by atoms with Crippen LogP contribution in [0.25, 0.3) is 0 Å². The summed E-state index contributed by atoms with van der Waals surface area (Å²) in [5.41, 5.74) is 0. The molecule has 0 aliphatic carbocycles. The van der Waals surface area contributed by atoms with E-state index >= 15 is 0 Å². The molecule has 0 heterocycles. The summed E-state index contributed by atoms with van der Waals surface area (Å²) in [4.78, 5) is 32.2. The summed E-state index contributed by atoms with van der Waals surface area (Å²) in [6, 6.07) is -1.14. The molecule has 0 spiro atoms. The molecule has 0 aromatic carbocycles. The Labute approximate surface area is 92.8 Å². The molecule has 0 aromatic rings. The molecule has 0 saturated carbocycles. The standard InChI is InChI=1S/C9H16N2O5/c1-10-5-4-7(12)11-6(9(15)16)2-3-8(13)14/h6,10H,2-5H2,1H3,(H,11,12)(H,13,14)(H,15,16). The van der Waals surface area contributed by atoms with Crippen LogP contribution in [0, 0.1) is 0 Å². The van der Waals surface area contributed by atoms with Gasteiger partial charge in [-0.3, -0.25) is 9.59 Å². The van der Waals surface area contributed by atoms with E-state index in [2.05, 4.69) is 10.6 Å². The van der Waals surface area contributed by atoms with E-state index in [-0.39, 0.29) is 19.3 Å². The van der Waals surface area contributed by atoms with E-state index in [1.54, 1.807) is 7.05 Å². The van der Waals surface area contributed by atoms with Crippen LogP contribution in [0.4, 0.5) is 0 Å². The van der Waals surface area contributed by atoms with Crippen LogP contribution < -0.4 is 10.6 Å². The summed E-state index contributed by atoms with van der Waals surface area (Å²) < 4.78 is 0. The van der Waals surface area contributed by atoms with Crippen LogP contribution in [-0.2, 0) is 14.4 Å². The molecule has 0 radical (unpaired) electrons. The fourth-order valence-electron chi connectivity index (χ4n) is 1.03. The topological polar surface area (TPSA) is 116 Å². The first kappa shape index (κ1) is 14.4. The molecule has 92 valence electrons. The highest BCUT2D eigenvalue weighted by Gasteiger charge is 2.20. The minimum Gasteiger partial charge on any atom is -0.481 e. The maximum absolute atomic E-state index is 11.2. The highest BCUT2D eigenvalue weighted by molar-refractivity contribution is 5.84. The number of hydrogen-bond donors (Lipinski definition) is 4. The Balaban J connectivity index is 4.07. The lowest BCUT2D eigenvalue weighted by molar-refractivity contribution is -0.143. The number of carboxylic acid groups (broad SMARTS) is 2. The lowest BCUT2D eigenvalue weighted by Gasteiger charge is -2.13. The maximum atomic E-state index is 11.2. The largest absolute Gasteiger partial charge is 0.481 e. The lowest BCUT2D eigenvalue weighted by Crippen LogP contribution is -2.41. The Bertz CT molecular complexity index is 267. The van der Waals surface area contributed by atoms with Crippen molar-refractivity contribution in [2.24, 2.45) is 0 Å². The van der Waals surface area contributed by atoms with Crippen LogP contribution in [-0.4, -0.2) is 47.7 Å². The van der Waals surface area contributed by atoms with Crippen LogP contribution >= 0.6 is 0 Å². The van der Waals surface area contributed by atoms with Gasteiger partial charge in [-0.25, -0.2) is 4.79 Å². The molecule has 1 unspecified atom stereocenters.